The summed E-state index contributed by atoms with van der Waals surface area (Å²) >= 11 is 0. The lowest BCUT2D eigenvalue weighted by molar-refractivity contribution is -0.131. The number of hydrogen-bond donors (Lipinski definition) is 5. The molecule has 0 saturated carbocycles. The maximum absolute atomic E-state index is 10.1. The summed E-state index contributed by atoms with van der Waals surface area (Å²) in [7, 11) is 0. The van der Waals surface area contributed by atoms with Crippen LogP contribution in [-0.4, -0.2) is 31.5 Å². The van der Waals surface area contributed by atoms with Crippen molar-refractivity contribution in [3.63, 3.8) is 0 Å². The van der Waals surface area contributed by atoms with Gasteiger partial charge in [-0.3, -0.25) is 0 Å². The van der Waals surface area contributed by atoms with E-state index in [0.717, 1.165) is 6.08 Å². The van der Waals surface area contributed by atoms with Gasteiger partial charge in [0.05, 0.1) is 0 Å². The van der Waals surface area contributed by atoms with Crippen LogP contribution in [0.5, 0.6) is 23.0 Å². The summed E-state index contributed by atoms with van der Waals surface area (Å²) in [6.07, 6.45) is 2.27. The maximum Gasteiger partial charge on any atom is 0.328 e. The Hall–Kier alpha value is -3.15. The third-order valence-electron chi connectivity index (χ3n) is 2.27. The number of benzene rings is 2. The maximum atomic E-state index is 10.1. The zero-order valence-electron chi connectivity index (χ0n) is 10.8. The molecule has 0 unspecified atom stereocenters. The van der Waals surface area contributed by atoms with Crippen LogP contribution in [0, 0.1) is 0 Å². The molecule has 0 bridgehead atoms. The highest BCUT2D eigenvalue weighted by Gasteiger charge is 1.97. The number of phenols is 4. The van der Waals surface area contributed by atoms with E-state index in [0.29, 0.717) is 5.56 Å². The lowest BCUT2D eigenvalue weighted by atomic mass is 10.2. The zero-order chi connectivity index (χ0) is 15.8. The lowest BCUT2D eigenvalue weighted by Gasteiger charge is -1.97. The first kappa shape index (κ1) is 15.9. The van der Waals surface area contributed by atoms with E-state index < -0.39 is 5.97 Å². The van der Waals surface area contributed by atoms with Crippen molar-refractivity contribution in [2.24, 2.45) is 0 Å². The minimum absolute atomic E-state index is 0.169. The summed E-state index contributed by atoms with van der Waals surface area (Å²) in [5.74, 6) is -1.22. The van der Waals surface area contributed by atoms with Gasteiger partial charge in [0, 0.05) is 6.08 Å². The van der Waals surface area contributed by atoms with Crippen LogP contribution in [0.3, 0.4) is 0 Å². The van der Waals surface area contributed by atoms with Crippen LogP contribution < -0.4 is 0 Å². The van der Waals surface area contributed by atoms with Gasteiger partial charge in [0.1, 0.15) is 11.5 Å². The molecule has 0 aliphatic rings. The first-order valence-corrected chi connectivity index (χ1v) is 5.79. The standard InChI is InChI=1S/C9H8O4.C6H6O2/c10-7-3-1-6(5-8(7)11)2-4-9(12)13;7-5-1-2-6(8)4-3-5/h1-5,10-11H,(H,12,13);1-4,7-8H/b4-2+;. The fourth-order valence-electron chi connectivity index (χ4n) is 1.26. The number of carbonyl (C=O) groups is 1. The van der Waals surface area contributed by atoms with Gasteiger partial charge in [0.25, 0.3) is 0 Å². The summed E-state index contributed by atoms with van der Waals surface area (Å²) < 4.78 is 0. The van der Waals surface area contributed by atoms with Crippen molar-refractivity contribution in [2.45, 2.75) is 0 Å². The Morgan fingerprint density at radius 2 is 1.33 bits per heavy atom. The van der Waals surface area contributed by atoms with Gasteiger partial charge in [0.15, 0.2) is 11.5 Å². The zero-order valence-corrected chi connectivity index (χ0v) is 10.8. The average molecular weight is 290 g/mol. The van der Waals surface area contributed by atoms with Gasteiger partial charge in [-0.05, 0) is 48.0 Å². The van der Waals surface area contributed by atoms with Gasteiger partial charge in [0.2, 0.25) is 0 Å². The molecule has 6 nitrogen and oxygen atoms in total. The molecule has 110 valence electrons. The fourth-order valence-corrected chi connectivity index (χ4v) is 1.26. The number of carboxylic acid groups (broad SMARTS) is 1. The van der Waals surface area contributed by atoms with Crippen molar-refractivity contribution in [1.82, 2.24) is 0 Å². The van der Waals surface area contributed by atoms with E-state index in [9.17, 15) is 4.79 Å². The smallest absolute Gasteiger partial charge is 0.328 e. The van der Waals surface area contributed by atoms with E-state index in [2.05, 4.69) is 0 Å². The van der Waals surface area contributed by atoms with Crippen molar-refractivity contribution in [2.75, 3.05) is 0 Å². The SMILES string of the molecule is O=C(O)/C=C/c1ccc(O)c(O)c1.Oc1ccc(O)cc1. The Morgan fingerprint density at radius 3 is 1.76 bits per heavy atom. The van der Waals surface area contributed by atoms with Gasteiger partial charge in [-0.2, -0.15) is 0 Å². The van der Waals surface area contributed by atoms with Crippen molar-refractivity contribution >= 4 is 12.0 Å². The first-order chi connectivity index (χ1) is 9.88. The highest BCUT2D eigenvalue weighted by atomic mass is 16.4. The van der Waals surface area contributed by atoms with Gasteiger partial charge in [-0.15, -0.1) is 0 Å². The minimum atomic E-state index is -1.06. The molecular weight excluding hydrogens is 276 g/mol. The molecule has 0 radical (unpaired) electrons. The molecule has 2 aromatic carbocycles. The lowest BCUT2D eigenvalue weighted by Crippen LogP contribution is -1.85. The van der Waals surface area contributed by atoms with Crippen LogP contribution in [0.1, 0.15) is 5.56 Å². The van der Waals surface area contributed by atoms with Crippen LogP contribution in [0.25, 0.3) is 6.08 Å². The number of aliphatic carboxylic acids is 1. The van der Waals surface area contributed by atoms with E-state index >= 15 is 0 Å². The van der Waals surface area contributed by atoms with Crippen LogP contribution in [0.4, 0.5) is 0 Å². The van der Waals surface area contributed by atoms with Gasteiger partial charge >= 0.3 is 5.97 Å². The molecule has 21 heavy (non-hydrogen) atoms. The molecule has 0 atom stereocenters. The van der Waals surface area contributed by atoms with Gasteiger partial charge < -0.3 is 25.5 Å². The van der Waals surface area contributed by atoms with Gasteiger partial charge in [-0.25, -0.2) is 4.79 Å². The quantitative estimate of drug-likeness (QED) is 0.329. The summed E-state index contributed by atoms with van der Waals surface area (Å²) in [4.78, 5) is 10.1. The Morgan fingerprint density at radius 1 is 0.810 bits per heavy atom. The number of hydrogen-bond acceptors (Lipinski definition) is 5. The predicted octanol–water partition coefficient (Wildman–Crippen LogP) is 2.29. The molecule has 5 N–H and O–H groups in total. The Labute approximate surface area is 120 Å². The Balaban J connectivity index is 0.000000235. The van der Waals surface area contributed by atoms with E-state index in [4.69, 9.17) is 25.5 Å². The highest BCUT2D eigenvalue weighted by molar-refractivity contribution is 5.85. The number of carboxylic acids is 1. The monoisotopic (exact) mass is 290 g/mol. The highest BCUT2D eigenvalue weighted by Crippen LogP contribution is 2.25. The molecular formula is C15H14O6. The van der Waals surface area contributed by atoms with E-state index in [-0.39, 0.29) is 23.0 Å². The fraction of sp³-hybridized carbons (Fsp3) is 0. The van der Waals surface area contributed by atoms with Gasteiger partial charge in [-0.1, -0.05) is 6.07 Å². The van der Waals surface area contributed by atoms with Crippen LogP contribution in [-0.2, 0) is 4.79 Å². The van der Waals surface area contributed by atoms with Crippen molar-refractivity contribution in [1.29, 1.82) is 0 Å². The Kier molecular flexibility index (Phi) is 5.64. The molecule has 0 spiro atoms. The van der Waals surface area contributed by atoms with Crippen molar-refractivity contribution in [3.05, 3.63) is 54.1 Å². The van der Waals surface area contributed by atoms with Crippen molar-refractivity contribution < 1.29 is 30.3 Å². The van der Waals surface area contributed by atoms with E-state index in [1.165, 1.54) is 48.5 Å². The molecule has 0 fully saturated rings. The summed E-state index contributed by atoms with van der Waals surface area (Å²) in [5.41, 5.74) is 0.512. The predicted molar refractivity (Wildman–Crippen MR) is 76.2 cm³/mol. The third kappa shape index (κ3) is 6.02. The summed E-state index contributed by atoms with van der Waals surface area (Å²) in [6.45, 7) is 0. The number of rotatable bonds is 2. The molecule has 0 saturated heterocycles. The molecule has 2 aromatic rings. The molecule has 0 aliphatic heterocycles. The Bertz CT molecular complexity index is 610. The van der Waals surface area contributed by atoms with Crippen LogP contribution in [0.15, 0.2) is 48.5 Å². The normalized spacial score (nSPS) is 9.90. The number of phenolic OH excluding ortho intramolecular Hbond substituents is 4. The number of aromatic hydroxyl groups is 4. The topological polar surface area (TPSA) is 118 Å². The first-order valence-electron chi connectivity index (χ1n) is 5.79. The summed E-state index contributed by atoms with van der Waals surface area (Å²) in [5, 5.41) is 43.6. The largest absolute Gasteiger partial charge is 0.508 e. The molecule has 0 heterocycles. The van der Waals surface area contributed by atoms with E-state index in [1.54, 1.807) is 0 Å². The second-order valence-electron chi connectivity index (χ2n) is 3.94. The van der Waals surface area contributed by atoms with Crippen LogP contribution in [0.2, 0.25) is 0 Å². The molecule has 0 amide bonds. The summed E-state index contributed by atoms with van der Waals surface area (Å²) in [6, 6.07) is 9.76. The van der Waals surface area contributed by atoms with Crippen molar-refractivity contribution in [3.8, 4) is 23.0 Å². The second-order valence-corrected chi connectivity index (χ2v) is 3.94. The minimum Gasteiger partial charge on any atom is -0.508 e. The van der Waals surface area contributed by atoms with E-state index in [1.807, 2.05) is 0 Å². The molecule has 0 aromatic heterocycles. The second kappa shape index (κ2) is 7.44. The van der Waals surface area contributed by atoms with Crippen LogP contribution >= 0.6 is 0 Å². The molecule has 0 aliphatic carbocycles. The molecule has 2 rings (SSSR count). The molecule has 6 heteroatoms. The average Bonchev–Trinajstić information content (AvgIpc) is 2.44. The third-order valence-corrected chi connectivity index (χ3v) is 2.27.